The maximum Gasteiger partial charge on any atom is 0.328 e. The minimum absolute atomic E-state index is 0.0562. The van der Waals surface area contributed by atoms with Gasteiger partial charge in [0.25, 0.3) is 5.91 Å². The van der Waals surface area contributed by atoms with Gasteiger partial charge in [0.15, 0.2) is 12.0 Å². The van der Waals surface area contributed by atoms with E-state index in [1.165, 1.54) is 0 Å². The lowest BCUT2D eigenvalue weighted by molar-refractivity contribution is -0.144. The molecule has 1 aliphatic rings. The minimum atomic E-state index is -1.37. The molecule has 2 aromatic carbocycles. The van der Waals surface area contributed by atoms with Crippen molar-refractivity contribution in [2.75, 3.05) is 33.0 Å². The number of hydrogen-bond acceptors (Lipinski definition) is 8. The number of rotatable bonds is 9. The van der Waals surface area contributed by atoms with E-state index in [1.54, 1.807) is 54.6 Å². The van der Waals surface area contributed by atoms with Crippen molar-refractivity contribution in [2.24, 2.45) is 16.5 Å². The molecule has 0 radical (unpaired) electrons. The Morgan fingerprint density at radius 1 is 0.833 bits per heavy atom. The van der Waals surface area contributed by atoms with E-state index in [-0.39, 0.29) is 58.0 Å². The highest BCUT2D eigenvalue weighted by molar-refractivity contribution is 5.99. The number of aliphatic imine (C=N–C) groups is 1. The zero-order chi connectivity index (χ0) is 34.7. The maximum atomic E-state index is 13.8. The van der Waals surface area contributed by atoms with E-state index >= 15 is 0 Å². The van der Waals surface area contributed by atoms with Crippen LogP contribution in [-0.2, 0) is 35.1 Å². The first-order chi connectivity index (χ1) is 23.1. The predicted molar refractivity (Wildman–Crippen MR) is 177 cm³/mol. The third-order valence-electron chi connectivity index (χ3n) is 7.43. The van der Waals surface area contributed by atoms with Crippen molar-refractivity contribution in [2.45, 2.75) is 62.7 Å². The molecule has 15 heteroatoms. The molecule has 0 saturated carbocycles. The Bertz CT molecular complexity index is 1370. The monoisotopic (exact) mass is 667 g/mol. The Balaban J connectivity index is 1.90. The van der Waals surface area contributed by atoms with Crippen LogP contribution in [0, 0.1) is 0 Å². The molecule has 9 N–H and O–H groups in total. The molecule has 15 nitrogen and oxygen atoms in total. The van der Waals surface area contributed by atoms with Crippen LogP contribution >= 0.6 is 0 Å². The van der Waals surface area contributed by atoms with Gasteiger partial charge in [-0.3, -0.25) is 24.2 Å². The lowest BCUT2D eigenvalue weighted by Crippen LogP contribution is -2.58. The Kier molecular flexibility index (Phi) is 15.8. The summed E-state index contributed by atoms with van der Waals surface area (Å²) < 4.78 is 11.2. The first-order valence-electron chi connectivity index (χ1n) is 15.9. The van der Waals surface area contributed by atoms with Crippen LogP contribution in [0.15, 0.2) is 65.7 Å². The topological polar surface area (TPSA) is 237 Å². The molecule has 0 aromatic heterocycles. The van der Waals surface area contributed by atoms with E-state index in [1.807, 2.05) is 6.07 Å². The van der Waals surface area contributed by atoms with Crippen LogP contribution in [0.3, 0.4) is 0 Å². The van der Waals surface area contributed by atoms with Crippen molar-refractivity contribution in [3.05, 3.63) is 71.8 Å². The van der Waals surface area contributed by atoms with Crippen molar-refractivity contribution in [3.63, 3.8) is 0 Å². The lowest BCUT2D eigenvalue weighted by Gasteiger charge is -2.26. The molecular formula is C33H45N7O8. The molecule has 4 amide bonds. The number of amides is 4. The summed E-state index contributed by atoms with van der Waals surface area (Å²) in [6.45, 7) is 0.570. The van der Waals surface area contributed by atoms with E-state index in [4.69, 9.17) is 20.9 Å². The molecule has 1 fully saturated rings. The maximum absolute atomic E-state index is 13.8. The molecule has 1 saturated heterocycles. The molecule has 48 heavy (non-hydrogen) atoms. The highest BCUT2D eigenvalue weighted by Crippen LogP contribution is 2.09. The van der Waals surface area contributed by atoms with Crippen molar-refractivity contribution in [3.8, 4) is 0 Å². The number of nitrogens with two attached hydrogens (primary N) is 2. The van der Waals surface area contributed by atoms with Gasteiger partial charge in [0.1, 0.15) is 18.1 Å². The Morgan fingerprint density at radius 3 is 2.12 bits per heavy atom. The fraction of sp³-hybridized carbons (Fsp3) is 0.455. The Labute approximate surface area is 279 Å². The zero-order valence-corrected chi connectivity index (χ0v) is 26.8. The third kappa shape index (κ3) is 13.4. The van der Waals surface area contributed by atoms with E-state index in [0.29, 0.717) is 25.0 Å². The smallest absolute Gasteiger partial charge is 0.328 e. The normalized spacial score (nSPS) is 22.0. The molecule has 2 aromatic rings. The second-order valence-corrected chi connectivity index (χ2v) is 11.2. The quantitative estimate of drug-likeness (QED) is 0.106. The predicted octanol–water partition coefficient (Wildman–Crippen LogP) is -0.163. The van der Waals surface area contributed by atoms with Crippen LogP contribution in [0.5, 0.6) is 0 Å². The summed E-state index contributed by atoms with van der Waals surface area (Å²) in [7, 11) is 0. The number of hydrogen-bond donors (Lipinski definition) is 7. The highest BCUT2D eigenvalue weighted by atomic mass is 16.5. The fourth-order valence-corrected chi connectivity index (χ4v) is 4.84. The van der Waals surface area contributed by atoms with Gasteiger partial charge in [-0.1, -0.05) is 48.5 Å². The summed E-state index contributed by atoms with van der Waals surface area (Å²) in [4.78, 5) is 69.9. The number of nitrogens with one attached hydrogen (secondary N) is 4. The number of carbonyl (C=O) groups is 5. The second-order valence-electron chi connectivity index (χ2n) is 11.2. The van der Waals surface area contributed by atoms with E-state index in [9.17, 15) is 29.1 Å². The number of carboxylic acids is 1. The van der Waals surface area contributed by atoms with Crippen LogP contribution in [0.4, 0.5) is 0 Å². The van der Waals surface area contributed by atoms with Crippen LogP contribution in [0.1, 0.15) is 48.0 Å². The van der Waals surface area contributed by atoms with Gasteiger partial charge in [-0.2, -0.15) is 0 Å². The number of ether oxygens (including phenoxy) is 2. The summed E-state index contributed by atoms with van der Waals surface area (Å²) in [6, 6.07) is 12.6. The first-order valence-corrected chi connectivity index (χ1v) is 15.9. The van der Waals surface area contributed by atoms with Crippen LogP contribution < -0.4 is 32.7 Å². The number of aliphatic carboxylic acids is 1. The van der Waals surface area contributed by atoms with E-state index < -0.39 is 53.8 Å². The van der Waals surface area contributed by atoms with Gasteiger partial charge in [-0.05, 0) is 49.8 Å². The number of guanidine groups is 1. The molecule has 1 aliphatic heterocycles. The van der Waals surface area contributed by atoms with E-state index in [2.05, 4.69) is 26.3 Å². The van der Waals surface area contributed by atoms with Crippen molar-refractivity contribution < 1.29 is 38.6 Å². The summed E-state index contributed by atoms with van der Waals surface area (Å²) in [5.74, 6) is -3.99. The standard InChI is InChI=1S/C33H45N7O8/c34-33(35)36-16-9-14-24-29(42)40-27(32(45)46)21-48-18-8-7-17-47-19-15-25(37-28(41)23-12-5-2-6-13-23)30(43)39-26(31(44)38-24)20-22-10-3-1-4-11-22/h1-6,10-13,24-27H,7-9,14-21H2,(H,37,41)(H,38,44)(H,39,43)(H,40,42)(H,45,46)(H4,34,35,36). The Morgan fingerprint density at radius 2 is 1.46 bits per heavy atom. The molecule has 1 heterocycles. The van der Waals surface area contributed by atoms with Gasteiger partial charge in [-0.25, -0.2) is 4.79 Å². The van der Waals surface area contributed by atoms with Gasteiger partial charge in [0, 0.05) is 38.3 Å². The summed E-state index contributed by atoms with van der Waals surface area (Å²) in [5, 5.41) is 20.4. The van der Waals surface area contributed by atoms with Crippen LogP contribution in [-0.4, -0.2) is 97.8 Å². The number of nitrogens with zero attached hydrogens (tertiary/aromatic N) is 1. The lowest BCUT2D eigenvalue weighted by atomic mass is 10.0. The molecule has 0 bridgehead atoms. The minimum Gasteiger partial charge on any atom is -0.480 e. The SMILES string of the molecule is NC(N)=NCCCC1NC(=O)C(Cc2ccccc2)NC(=O)C(NC(=O)c2ccccc2)CCOCCCCOCC(C(=O)O)NC1=O. The van der Waals surface area contributed by atoms with Crippen molar-refractivity contribution in [1.29, 1.82) is 0 Å². The highest BCUT2D eigenvalue weighted by Gasteiger charge is 2.31. The second kappa shape index (κ2) is 20.3. The molecule has 4 unspecified atom stereocenters. The van der Waals surface area contributed by atoms with Gasteiger partial charge in [-0.15, -0.1) is 0 Å². The van der Waals surface area contributed by atoms with Crippen LogP contribution in [0.25, 0.3) is 0 Å². The van der Waals surface area contributed by atoms with Gasteiger partial charge >= 0.3 is 5.97 Å². The summed E-state index contributed by atoms with van der Waals surface area (Å²) >= 11 is 0. The number of benzene rings is 2. The van der Waals surface area contributed by atoms with Crippen molar-refractivity contribution >= 4 is 35.6 Å². The fourth-order valence-electron chi connectivity index (χ4n) is 4.84. The number of carboxylic acid groups (broad SMARTS) is 1. The molecule has 4 atom stereocenters. The third-order valence-corrected chi connectivity index (χ3v) is 7.43. The molecule has 260 valence electrons. The van der Waals surface area contributed by atoms with Crippen LogP contribution in [0.2, 0.25) is 0 Å². The van der Waals surface area contributed by atoms with Gasteiger partial charge in [0.05, 0.1) is 6.61 Å². The molecular weight excluding hydrogens is 622 g/mol. The zero-order valence-electron chi connectivity index (χ0n) is 26.8. The molecule has 0 aliphatic carbocycles. The number of carbonyl (C=O) groups excluding carboxylic acids is 4. The van der Waals surface area contributed by atoms with Gasteiger partial charge in [0.2, 0.25) is 17.7 Å². The average molecular weight is 668 g/mol. The molecule has 3 rings (SSSR count). The van der Waals surface area contributed by atoms with Crippen molar-refractivity contribution in [1.82, 2.24) is 21.3 Å². The summed E-state index contributed by atoms with van der Waals surface area (Å²) in [6.07, 6.45) is 1.65. The van der Waals surface area contributed by atoms with E-state index in [0.717, 1.165) is 5.56 Å². The van der Waals surface area contributed by atoms with Gasteiger partial charge < -0.3 is 47.3 Å². The average Bonchev–Trinajstić information content (AvgIpc) is 3.07. The first kappa shape index (κ1) is 37.4. The summed E-state index contributed by atoms with van der Waals surface area (Å²) in [5.41, 5.74) is 11.9. The molecule has 0 spiro atoms. The largest absolute Gasteiger partial charge is 0.480 e. The Hall–Kier alpha value is -5.02.